The van der Waals surface area contributed by atoms with Gasteiger partial charge in [-0.25, -0.2) is 4.39 Å². The average Bonchev–Trinajstić information content (AvgIpc) is 2.08. The topological polar surface area (TPSA) is 26.0 Å². The molecule has 0 spiro atoms. The van der Waals surface area contributed by atoms with Gasteiger partial charge in [-0.15, -0.1) is 0 Å². The summed E-state index contributed by atoms with van der Waals surface area (Å²) in [6.45, 7) is 3.98. The van der Waals surface area contributed by atoms with Crippen molar-refractivity contribution in [2.45, 2.75) is 20.4 Å². The lowest BCUT2D eigenvalue weighted by Crippen LogP contribution is -2.02. The molecule has 1 aromatic carbocycles. The van der Waals surface area contributed by atoms with E-state index in [1.165, 1.54) is 0 Å². The molecule has 66 valence electrons. The summed E-state index contributed by atoms with van der Waals surface area (Å²) in [7, 11) is 0. The van der Waals surface area contributed by atoms with Crippen molar-refractivity contribution in [2.24, 2.45) is 5.73 Å². The van der Waals surface area contributed by atoms with Crippen LogP contribution >= 0.6 is 15.9 Å². The molecule has 0 fully saturated rings. The smallest absolute Gasteiger partial charge is 0.140 e. The maximum absolute atomic E-state index is 13.3. The van der Waals surface area contributed by atoms with Crippen LogP contribution in [0.3, 0.4) is 0 Å². The molecule has 0 amide bonds. The van der Waals surface area contributed by atoms with Crippen LogP contribution in [0.5, 0.6) is 0 Å². The lowest BCUT2D eigenvalue weighted by Gasteiger charge is -2.08. The molecular formula is C9H11BrFN. The van der Waals surface area contributed by atoms with Gasteiger partial charge in [-0.3, -0.25) is 0 Å². The Hall–Kier alpha value is -0.410. The zero-order chi connectivity index (χ0) is 9.30. The largest absolute Gasteiger partial charge is 0.326 e. The van der Waals surface area contributed by atoms with Crippen molar-refractivity contribution in [3.05, 3.63) is 33.0 Å². The first-order valence-electron chi connectivity index (χ1n) is 3.72. The van der Waals surface area contributed by atoms with Crippen molar-refractivity contribution in [1.29, 1.82) is 0 Å². The summed E-state index contributed by atoms with van der Waals surface area (Å²) >= 11 is 3.18. The van der Waals surface area contributed by atoms with Gasteiger partial charge in [-0.1, -0.05) is 6.07 Å². The Morgan fingerprint density at radius 2 is 2.08 bits per heavy atom. The highest BCUT2D eigenvalue weighted by Gasteiger charge is 2.09. The molecule has 0 bridgehead atoms. The molecule has 0 aliphatic rings. The SMILES string of the molecule is Cc1cc(CN)c(C)c(F)c1Br. The van der Waals surface area contributed by atoms with Crippen LogP contribution in [0.15, 0.2) is 10.5 Å². The van der Waals surface area contributed by atoms with Crippen LogP contribution in [-0.4, -0.2) is 0 Å². The Morgan fingerprint density at radius 3 is 2.58 bits per heavy atom. The number of rotatable bonds is 1. The Labute approximate surface area is 79.9 Å². The predicted octanol–water partition coefficient (Wildman–Crippen LogP) is 2.66. The molecule has 1 rings (SSSR count). The van der Waals surface area contributed by atoms with Gasteiger partial charge in [0.2, 0.25) is 0 Å². The molecule has 3 heteroatoms. The monoisotopic (exact) mass is 231 g/mol. The van der Waals surface area contributed by atoms with Gasteiger partial charge in [-0.2, -0.15) is 0 Å². The molecule has 0 radical (unpaired) electrons. The van der Waals surface area contributed by atoms with Crippen molar-refractivity contribution < 1.29 is 4.39 Å². The molecule has 2 N–H and O–H groups in total. The summed E-state index contributed by atoms with van der Waals surface area (Å²) < 4.78 is 13.9. The first kappa shape index (κ1) is 9.68. The Balaban J connectivity index is 3.39. The molecule has 0 aliphatic carbocycles. The molecule has 1 aromatic rings. The summed E-state index contributed by atoms with van der Waals surface area (Å²) in [5, 5.41) is 0. The van der Waals surface area contributed by atoms with Crippen LogP contribution in [0.1, 0.15) is 16.7 Å². The van der Waals surface area contributed by atoms with E-state index in [0.29, 0.717) is 16.6 Å². The third kappa shape index (κ3) is 1.52. The quantitative estimate of drug-likeness (QED) is 0.791. The summed E-state index contributed by atoms with van der Waals surface area (Å²) in [5.74, 6) is -0.199. The lowest BCUT2D eigenvalue weighted by molar-refractivity contribution is 0.607. The van der Waals surface area contributed by atoms with Crippen LogP contribution in [0.4, 0.5) is 4.39 Å². The van der Waals surface area contributed by atoms with Crippen molar-refractivity contribution in [1.82, 2.24) is 0 Å². The zero-order valence-corrected chi connectivity index (χ0v) is 8.70. The van der Waals surface area contributed by atoms with Crippen LogP contribution < -0.4 is 5.73 Å². The van der Waals surface area contributed by atoms with Gasteiger partial charge in [0.1, 0.15) is 5.82 Å². The fourth-order valence-corrected chi connectivity index (χ4v) is 1.54. The summed E-state index contributed by atoms with van der Waals surface area (Å²) in [6, 6.07) is 1.91. The van der Waals surface area contributed by atoms with E-state index in [-0.39, 0.29) is 5.82 Å². The zero-order valence-electron chi connectivity index (χ0n) is 7.12. The van der Waals surface area contributed by atoms with Gasteiger partial charge in [-0.05, 0) is 46.5 Å². The molecule has 0 aliphatic heterocycles. The first-order valence-corrected chi connectivity index (χ1v) is 4.51. The second kappa shape index (κ2) is 3.54. The summed E-state index contributed by atoms with van der Waals surface area (Å²) in [5.41, 5.74) is 7.85. The van der Waals surface area contributed by atoms with E-state index < -0.39 is 0 Å². The maximum Gasteiger partial charge on any atom is 0.140 e. The summed E-state index contributed by atoms with van der Waals surface area (Å²) in [4.78, 5) is 0. The van der Waals surface area contributed by atoms with Crippen molar-refractivity contribution in [3.8, 4) is 0 Å². The molecule has 12 heavy (non-hydrogen) atoms. The first-order chi connectivity index (χ1) is 5.57. The molecule has 0 heterocycles. The number of hydrogen-bond acceptors (Lipinski definition) is 1. The van der Waals surface area contributed by atoms with Gasteiger partial charge in [0.15, 0.2) is 0 Å². The van der Waals surface area contributed by atoms with Crippen LogP contribution in [0, 0.1) is 19.7 Å². The third-order valence-corrected chi connectivity index (χ3v) is 2.93. The number of nitrogens with two attached hydrogens (primary N) is 1. The van der Waals surface area contributed by atoms with Crippen molar-refractivity contribution >= 4 is 15.9 Å². The van der Waals surface area contributed by atoms with Crippen LogP contribution in [0.2, 0.25) is 0 Å². The van der Waals surface area contributed by atoms with Crippen LogP contribution in [-0.2, 0) is 6.54 Å². The van der Waals surface area contributed by atoms with Gasteiger partial charge >= 0.3 is 0 Å². The second-order valence-electron chi connectivity index (χ2n) is 2.81. The molecule has 0 atom stereocenters. The van der Waals surface area contributed by atoms with E-state index in [1.54, 1.807) is 6.92 Å². The van der Waals surface area contributed by atoms with E-state index in [1.807, 2.05) is 13.0 Å². The molecule has 0 saturated heterocycles. The highest BCUT2D eigenvalue weighted by molar-refractivity contribution is 9.10. The number of benzene rings is 1. The van der Waals surface area contributed by atoms with E-state index in [2.05, 4.69) is 15.9 Å². The normalized spacial score (nSPS) is 10.4. The Bertz CT molecular complexity index is 310. The average molecular weight is 232 g/mol. The highest BCUT2D eigenvalue weighted by atomic mass is 79.9. The van der Waals surface area contributed by atoms with E-state index in [9.17, 15) is 4.39 Å². The highest BCUT2D eigenvalue weighted by Crippen LogP contribution is 2.25. The van der Waals surface area contributed by atoms with Gasteiger partial charge in [0, 0.05) is 6.54 Å². The van der Waals surface area contributed by atoms with E-state index in [0.717, 1.165) is 11.1 Å². The molecule has 0 aromatic heterocycles. The van der Waals surface area contributed by atoms with Crippen LogP contribution in [0.25, 0.3) is 0 Å². The van der Waals surface area contributed by atoms with Crippen molar-refractivity contribution in [2.75, 3.05) is 0 Å². The van der Waals surface area contributed by atoms with Gasteiger partial charge in [0.25, 0.3) is 0 Å². The minimum absolute atomic E-state index is 0.199. The minimum Gasteiger partial charge on any atom is -0.326 e. The molecule has 1 nitrogen and oxygen atoms in total. The Kier molecular flexibility index (Phi) is 2.85. The molecule has 0 unspecified atom stereocenters. The van der Waals surface area contributed by atoms with Gasteiger partial charge in [0.05, 0.1) is 4.47 Å². The van der Waals surface area contributed by atoms with E-state index in [4.69, 9.17) is 5.73 Å². The molecular weight excluding hydrogens is 221 g/mol. The second-order valence-corrected chi connectivity index (χ2v) is 3.60. The number of hydrogen-bond donors (Lipinski definition) is 1. The van der Waals surface area contributed by atoms with Crippen molar-refractivity contribution in [3.63, 3.8) is 0 Å². The maximum atomic E-state index is 13.3. The lowest BCUT2D eigenvalue weighted by atomic mass is 10.1. The third-order valence-electron chi connectivity index (χ3n) is 1.96. The summed E-state index contributed by atoms with van der Waals surface area (Å²) in [6.07, 6.45) is 0. The number of aryl methyl sites for hydroxylation is 1. The molecule has 0 saturated carbocycles. The Morgan fingerprint density at radius 1 is 1.50 bits per heavy atom. The standard InChI is InChI=1S/C9H11BrFN/c1-5-3-7(4-12)6(2)9(11)8(5)10/h3H,4,12H2,1-2H3. The minimum atomic E-state index is -0.199. The fourth-order valence-electron chi connectivity index (χ4n) is 1.12. The predicted molar refractivity (Wildman–Crippen MR) is 51.5 cm³/mol. The fraction of sp³-hybridized carbons (Fsp3) is 0.333. The van der Waals surface area contributed by atoms with Gasteiger partial charge < -0.3 is 5.73 Å². The number of halogens is 2. The van der Waals surface area contributed by atoms with E-state index >= 15 is 0 Å².